The lowest BCUT2D eigenvalue weighted by atomic mass is 10.1. The molecule has 0 saturated heterocycles. The van der Waals surface area contributed by atoms with Gasteiger partial charge in [-0.3, -0.25) is 9.69 Å². The average molecular weight is 400 g/mol. The fourth-order valence-corrected chi connectivity index (χ4v) is 4.75. The quantitative estimate of drug-likeness (QED) is 0.523. The van der Waals surface area contributed by atoms with Gasteiger partial charge in [-0.2, -0.15) is 0 Å². The third kappa shape index (κ3) is 3.95. The van der Waals surface area contributed by atoms with Crippen molar-refractivity contribution in [2.75, 3.05) is 19.9 Å². The Labute approximate surface area is 166 Å². The normalized spacial score (nSPS) is 14.1. The Bertz CT molecular complexity index is 1010. The number of hydrogen-bond acceptors (Lipinski definition) is 6. The predicted molar refractivity (Wildman–Crippen MR) is 111 cm³/mol. The molecule has 0 aliphatic carbocycles. The number of nitrogens with one attached hydrogen (secondary N) is 1. The molecular weight excluding hydrogens is 378 g/mol. The molecule has 0 saturated carbocycles. The number of hydrogen-bond donors (Lipinski definition) is 1. The molecule has 0 bridgehead atoms. The van der Waals surface area contributed by atoms with Crippen molar-refractivity contribution in [3.63, 3.8) is 0 Å². The number of aromatic nitrogens is 2. The van der Waals surface area contributed by atoms with Gasteiger partial charge in [-0.25, -0.2) is 4.98 Å². The third-order valence-electron chi connectivity index (χ3n) is 4.71. The molecule has 1 N–H and O–H groups in total. The molecule has 0 unspecified atom stereocenters. The zero-order chi connectivity index (χ0) is 18.8. The van der Waals surface area contributed by atoms with Gasteiger partial charge >= 0.3 is 0 Å². The smallest absolute Gasteiger partial charge is 0.256 e. The maximum atomic E-state index is 12.3. The Morgan fingerprint density at radius 3 is 3.04 bits per heavy atom. The van der Waals surface area contributed by atoms with Crippen LogP contribution in [0, 0.1) is 0 Å². The van der Waals surface area contributed by atoms with Crippen LogP contribution in [0.4, 0.5) is 0 Å². The molecule has 7 heteroatoms. The van der Waals surface area contributed by atoms with E-state index in [1.54, 1.807) is 18.4 Å². The fourth-order valence-electron chi connectivity index (χ4n) is 3.30. The van der Waals surface area contributed by atoms with Gasteiger partial charge in [-0.1, -0.05) is 23.9 Å². The molecule has 0 fully saturated rings. The fraction of sp³-hybridized carbons (Fsp3) is 0.300. The predicted octanol–water partition coefficient (Wildman–Crippen LogP) is 3.79. The van der Waals surface area contributed by atoms with E-state index in [2.05, 4.69) is 39.1 Å². The van der Waals surface area contributed by atoms with Crippen LogP contribution in [0.2, 0.25) is 0 Å². The van der Waals surface area contributed by atoms with E-state index in [4.69, 9.17) is 4.74 Å². The van der Waals surface area contributed by atoms with Crippen molar-refractivity contribution >= 4 is 23.1 Å². The van der Waals surface area contributed by atoms with E-state index in [0.29, 0.717) is 11.7 Å². The summed E-state index contributed by atoms with van der Waals surface area (Å²) in [7, 11) is 1.69. The molecule has 1 aliphatic heterocycles. The molecule has 0 radical (unpaired) electrons. The molecule has 5 nitrogen and oxygen atoms in total. The summed E-state index contributed by atoms with van der Waals surface area (Å²) >= 11 is 3.26. The summed E-state index contributed by atoms with van der Waals surface area (Å²) in [6.07, 6.45) is 2.75. The average Bonchev–Trinajstić information content (AvgIpc) is 3.17. The number of methoxy groups -OCH3 is 1. The van der Waals surface area contributed by atoms with E-state index in [-0.39, 0.29) is 5.56 Å². The van der Waals surface area contributed by atoms with Crippen molar-refractivity contribution in [2.45, 2.75) is 24.7 Å². The Balaban J connectivity index is 1.49. The van der Waals surface area contributed by atoms with Crippen molar-refractivity contribution in [3.8, 4) is 16.2 Å². The topological polar surface area (TPSA) is 58.2 Å². The number of rotatable bonds is 5. The number of nitrogens with zero attached hydrogens (tertiary/aromatic N) is 2. The summed E-state index contributed by atoms with van der Waals surface area (Å²) in [5.74, 6) is 0.867. The summed E-state index contributed by atoms with van der Waals surface area (Å²) < 4.78 is 5.32. The lowest BCUT2D eigenvalue weighted by Gasteiger charge is -2.27. The maximum absolute atomic E-state index is 12.3. The molecule has 1 aromatic carbocycles. The minimum absolute atomic E-state index is 0.00250. The first-order valence-electron chi connectivity index (χ1n) is 8.78. The summed E-state index contributed by atoms with van der Waals surface area (Å²) in [5.41, 5.74) is 2.92. The van der Waals surface area contributed by atoms with Gasteiger partial charge in [0.2, 0.25) is 0 Å². The minimum Gasteiger partial charge on any atom is -0.497 e. The Kier molecular flexibility index (Phi) is 5.33. The number of thioether (sulfide) groups is 1. The van der Waals surface area contributed by atoms with Crippen molar-refractivity contribution in [1.29, 1.82) is 0 Å². The van der Waals surface area contributed by atoms with Gasteiger partial charge in [-0.05, 0) is 36.1 Å². The van der Waals surface area contributed by atoms with Crippen LogP contribution in [0.25, 0.3) is 10.4 Å². The molecule has 2 aromatic heterocycles. The van der Waals surface area contributed by atoms with Crippen LogP contribution < -0.4 is 10.3 Å². The molecule has 4 rings (SSSR count). The second-order valence-corrected chi connectivity index (χ2v) is 8.42. The molecule has 0 atom stereocenters. The number of ether oxygens (including phenoxy) is 1. The van der Waals surface area contributed by atoms with Crippen LogP contribution in [0.15, 0.2) is 46.3 Å². The molecule has 0 spiro atoms. The maximum Gasteiger partial charge on any atom is 0.256 e. The van der Waals surface area contributed by atoms with Crippen LogP contribution in [0.5, 0.6) is 5.75 Å². The van der Waals surface area contributed by atoms with E-state index >= 15 is 0 Å². The number of H-pyrrole nitrogens is 1. The van der Waals surface area contributed by atoms with Crippen molar-refractivity contribution < 1.29 is 4.74 Å². The van der Waals surface area contributed by atoms with Crippen LogP contribution in [0.3, 0.4) is 0 Å². The standard InChI is InChI=1S/C20H21N3O2S2/c1-25-14-5-3-4-13(10-14)18-7-6-15(27-18)11-23-9-8-17-16(12-23)19(24)22-20(21-17)26-2/h3-7,10H,8-9,11-12H2,1-2H3,(H,21,22,24). The molecule has 3 aromatic rings. The third-order valence-corrected chi connectivity index (χ3v) is 6.41. The Hall–Kier alpha value is -2.09. The summed E-state index contributed by atoms with van der Waals surface area (Å²) in [6.45, 7) is 2.42. The second-order valence-electron chi connectivity index (χ2n) is 6.46. The summed E-state index contributed by atoms with van der Waals surface area (Å²) in [5, 5.41) is 0.702. The van der Waals surface area contributed by atoms with Crippen LogP contribution in [-0.4, -0.2) is 34.8 Å². The van der Waals surface area contributed by atoms with Crippen molar-refractivity contribution in [2.24, 2.45) is 0 Å². The van der Waals surface area contributed by atoms with Crippen LogP contribution in [-0.2, 0) is 19.5 Å². The SMILES string of the molecule is COc1cccc(-c2ccc(CN3CCc4nc(SC)[nH]c(=O)c4C3)s2)c1. The zero-order valence-corrected chi connectivity index (χ0v) is 17.0. The van der Waals surface area contributed by atoms with E-state index < -0.39 is 0 Å². The molecule has 3 heterocycles. The van der Waals surface area contributed by atoms with E-state index in [0.717, 1.165) is 36.5 Å². The van der Waals surface area contributed by atoms with E-state index in [1.807, 2.05) is 18.4 Å². The molecule has 140 valence electrons. The summed E-state index contributed by atoms with van der Waals surface area (Å²) in [6, 6.07) is 12.5. The molecule has 1 aliphatic rings. The van der Waals surface area contributed by atoms with E-state index in [9.17, 15) is 4.79 Å². The van der Waals surface area contributed by atoms with Gasteiger partial charge in [-0.15, -0.1) is 11.3 Å². The van der Waals surface area contributed by atoms with Gasteiger partial charge < -0.3 is 9.72 Å². The lowest BCUT2D eigenvalue weighted by molar-refractivity contribution is 0.243. The number of aromatic amines is 1. The van der Waals surface area contributed by atoms with Gasteiger partial charge in [0, 0.05) is 35.8 Å². The van der Waals surface area contributed by atoms with Gasteiger partial charge in [0.1, 0.15) is 5.75 Å². The number of thiophene rings is 1. The Morgan fingerprint density at radius 1 is 1.33 bits per heavy atom. The van der Waals surface area contributed by atoms with Crippen LogP contribution >= 0.6 is 23.1 Å². The van der Waals surface area contributed by atoms with Gasteiger partial charge in [0.25, 0.3) is 5.56 Å². The van der Waals surface area contributed by atoms with E-state index in [1.165, 1.54) is 27.1 Å². The van der Waals surface area contributed by atoms with Gasteiger partial charge in [0.05, 0.1) is 18.4 Å². The highest BCUT2D eigenvalue weighted by Gasteiger charge is 2.21. The first-order valence-corrected chi connectivity index (χ1v) is 10.8. The first-order chi connectivity index (χ1) is 13.2. The van der Waals surface area contributed by atoms with Crippen molar-refractivity contribution in [1.82, 2.24) is 14.9 Å². The molecular formula is C20H21N3O2S2. The number of fused-ring (bicyclic) bond motifs is 1. The lowest BCUT2D eigenvalue weighted by Crippen LogP contribution is -2.35. The second kappa shape index (κ2) is 7.88. The summed E-state index contributed by atoms with van der Waals surface area (Å²) in [4.78, 5) is 24.6. The Morgan fingerprint density at radius 2 is 2.22 bits per heavy atom. The minimum atomic E-state index is -0.00250. The highest BCUT2D eigenvalue weighted by atomic mass is 32.2. The van der Waals surface area contributed by atoms with Crippen molar-refractivity contribution in [3.05, 3.63) is 62.9 Å². The largest absolute Gasteiger partial charge is 0.497 e. The molecule has 0 amide bonds. The zero-order valence-electron chi connectivity index (χ0n) is 15.3. The monoisotopic (exact) mass is 399 g/mol. The highest BCUT2D eigenvalue weighted by Crippen LogP contribution is 2.31. The molecule has 27 heavy (non-hydrogen) atoms. The van der Waals surface area contributed by atoms with Gasteiger partial charge in [0.15, 0.2) is 5.16 Å². The van der Waals surface area contributed by atoms with Crippen LogP contribution in [0.1, 0.15) is 16.1 Å². The first kappa shape index (κ1) is 18.3. The highest BCUT2D eigenvalue weighted by molar-refractivity contribution is 7.98. The number of benzene rings is 1.